The van der Waals surface area contributed by atoms with Crippen LogP contribution < -0.4 is 9.47 Å². The smallest absolute Gasteiger partial charge is 0.262 e. The Balaban J connectivity index is 1.60. The largest absolute Gasteiger partial charge is 0.493 e. The molecule has 0 unspecified atom stereocenters. The Labute approximate surface area is 210 Å². The van der Waals surface area contributed by atoms with Gasteiger partial charge in [-0.1, -0.05) is 25.0 Å². The maximum atomic E-state index is 13.6. The predicted octanol–water partition coefficient (Wildman–Crippen LogP) is 4.11. The van der Waals surface area contributed by atoms with Crippen LogP contribution in [0.25, 0.3) is 0 Å². The molecule has 1 fully saturated rings. The Kier molecular flexibility index (Phi) is 8.41. The van der Waals surface area contributed by atoms with Crippen LogP contribution >= 0.6 is 11.3 Å². The number of hydrogen-bond acceptors (Lipinski definition) is 7. The SMILES string of the molecule is COCCN(CC(=O)N1N=C(c2cccs2)C[C@H]1c1ccc(OC)c(OC)c1)C(=O)C1CCCC1. The van der Waals surface area contributed by atoms with Crippen LogP contribution in [0.15, 0.2) is 40.8 Å². The highest BCUT2D eigenvalue weighted by atomic mass is 32.1. The zero-order valence-corrected chi connectivity index (χ0v) is 21.4. The highest BCUT2D eigenvalue weighted by molar-refractivity contribution is 7.12. The van der Waals surface area contributed by atoms with Gasteiger partial charge in [0.05, 0.1) is 37.5 Å². The molecule has 0 N–H and O–H groups in total. The van der Waals surface area contributed by atoms with Crippen LogP contribution in [-0.4, -0.2) is 68.5 Å². The first kappa shape index (κ1) is 25.2. The van der Waals surface area contributed by atoms with Crippen LogP contribution in [0.5, 0.6) is 11.5 Å². The lowest BCUT2D eigenvalue weighted by Gasteiger charge is -2.28. The van der Waals surface area contributed by atoms with E-state index in [1.165, 1.54) is 5.01 Å². The van der Waals surface area contributed by atoms with Crippen molar-refractivity contribution in [2.45, 2.75) is 38.1 Å². The molecule has 1 atom stereocenters. The van der Waals surface area contributed by atoms with Gasteiger partial charge in [-0.05, 0) is 42.0 Å². The van der Waals surface area contributed by atoms with E-state index in [0.29, 0.717) is 31.1 Å². The quantitative estimate of drug-likeness (QED) is 0.492. The van der Waals surface area contributed by atoms with Gasteiger partial charge in [-0.3, -0.25) is 9.59 Å². The number of thiophene rings is 1. The van der Waals surface area contributed by atoms with Crippen molar-refractivity contribution in [1.82, 2.24) is 9.91 Å². The molecule has 1 saturated carbocycles. The van der Waals surface area contributed by atoms with Gasteiger partial charge in [-0.15, -0.1) is 11.3 Å². The van der Waals surface area contributed by atoms with Crippen molar-refractivity contribution in [2.75, 3.05) is 41.0 Å². The van der Waals surface area contributed by atoms with Gasteiger partial charge in [-0.25, -0.2) is 5.01 Å². The zero-order chi connectivity index (χ0) is 24.8. The Hall–Kier alpha value is -2.91. The van der Waals surface area contributed by atoms with Crippen LogP contribution in [0.4, 0.5) is 0 Å². The summed E-state index contributed by atoms with van der Waals surface area (Å²) in [6, 6.07) is 9.36. The molecule has 1 aromatic carbocycles. The van der Waals surface area contributed by atoms with Crippen LogP contribution in [0.3, 0.4) is 0 Å². The molecule has 0 spiro atoms. The fraction of sp³-hybridized carbons (Fsp3) is 0.500. The van der Waals surface area contributed by atoms with Gasteiger partial charge in [-0.2, -0.15) is 5.10 Å². The van der Waals surface area contributed by atoms with E-state index >= 15 is 0 Å². The number of rotatable bonds is 10. The molecular formula is C26H33N3O5S. The average molecular weight is 500 g/mol. The van der Waals surface area contributed by atoms with E-state index in [2.05, 4.69) is 0 Å². The second-order valence-corrected chi connectivity index (χ2v) is 9.78. The van der Waals surface area contributed by atoms with Crippen LogP contribution in [0, 0.1) is 5.92 Å². The summed E-state index contributed by atoms with van der Waals surface area (Å²) in [5.41, 5.74) is 1.76. The fourth-order valence-corrected chi connectivity index (χ4v) is 5.51. The maximum Gasteiger partial charge on any atom is 0.262 e. The predicted molar refractivity (Wildman–Crippen MR) is 135 cm³/mol. The van der Waals surface area contributed by atoms with Crippen molar-refractivity contribution in [3.63, 3.8) is 0 Å². The Morgan fingerprint density at radius 1 is 1.11 bits per heavy atom. The fourth-order valence-electron chi connectivity index (χ4n) is 4.79. The molecule has 1 aliphatic carbocycles. The minimum Gasteiger partial charge on any atom is -0.493 e. The lowest BCUT2D eigenvalue weighted by Crippen LogP contribution is -2.44. The third-order valence-corrected chi connectivity index (χ3v) is 7.59. The molecule has 2 aliphatic rings. The van der Waals surface area contributed by atoms with Crippen molar-refractivity contribution in [3.8, 4) is 11.5 Å². The summed E-state index contributed by atoms with van der Waals surface area (Å²) in [4.78, 5) is 29.5. The van der Waals surface area contributed by atoms with Gasteiger partial charge in [0, 0.05) is 26.0 Å². The molecule has 0 bridgehead atoms. The summed E-state index contributed by atoms with van der Waals surface area (Å²) in [7, 11) is 4.79. The molecule has 0 saturated heterocycles. The number of methoxy groups -OCH3 is 3. The van der Waals surface area contributed by atoms with Crippen molar-refractivity contribution >= 4 is 28.9 Å². The van der Waals surface area contributed by atoms with Gasteiger partial charge in [0.1, 0.15) is 6.54 Å². The minimum atomic E-state index is -0.301. The first-order valence-electron chi connectivity index (χ1n) is 12.0. The molecule has 2 heterocycles. The summed E-state index contributed by atoms with van der Waals surface area (Å²) in [5, 5.41) is 8.29. The Bertz CT molecular complexity index is 1050. The molecule has 188 valence electrons. The first-order valence-corrected chi connectivity index (χ1v) is 12.9. The van der Waals surface area contributed by atoms with Gasteiger partial charge in [0.25, 0.3) is 5.91 Å². The second-order valence-electron chi connectivity index (χ2n) is 8.83. The number of benzene rings is 1. The molecule has 0 radical (unpaired) electrons. The zero-order valence-electron chi connectivity index (χ0n) is 20.6. The maximum absolute atomic E-state index is 13.6. The summed E-state index contributed by atoms with van der Waals surface area (Å²) >= 11 is 1.60. The van der Waals surface area contributed by atoms with Crippen LogP contribution in [-0.2, 0) is 14.3 Å². The van der Waals surface area contributed by atoms with Crippen molar-refractivity contribution < 1.29 is 23.8 Å². The van der Waals surface area contributed by atoms with E-state index in [-0.39, 0.29) is 30.3 Å². The third kappa shape index (κ3) is 5.67. The van der Waals surface area contributed by atoms with Crippen LogP contribution in [0.2, 0.25) is 0 Å². The molecule has 2 amide bonds. The highest BCUT2D eigenvalue weighted by Gasteiger charge is 2.36. The lowest BCUT2D eigenvalue weighted by atomic mass is 10.0. The van der Waals surface area contributed by atoms with E-state index in [9.17, 15) is 9.59 Å². The van der Waals surface area contributed by atoms with E-state index in [4.69, 9.17) is 19.3 Å². The number of hydrazone groups is 1. The topological polar surface area (TPSA) is 80.7 Å². The standard InChI is InChI=1S/C26H33N3O5S/c1-32-13-12-28(26(31)18-7-4-5-8-18)17-25(30)29-21(16-20(27-29)24-9-6-14-35-24)19-10-11-22(33-2)23(15-19)34-3/h6,9-11,14-15,18,21H,4-5,7-8,12-13,16-17H2,1-3H3/t21-/m0/s1. The molecule has 9 heteroatoms. The number of ether oxygens (including phenoxy) is 3. The summed E-state index contributed by atoms with van der Waals surface area (Å²) in [5.74, 6) is 1.04. The molecule has 1 aliphatic heterocycles. The number of nitrogens with zero attached hydrogens (tertiary/aromatic N) is 3. The number of carbonyl (C=O) groups excluding carboxylic acids is 2. The number of carbonyl (C=O) groups is 2. The Morgan fingerprint density at radius 3 is 2.54 bits per heavy atom. The number of hydrogen-bond donors (Lipinski definition) is 0. The molecular weight excluding hydrogens is 466 g/mol. The molecule has 35 heavy (non-hydrogen) atoms. The lowest BCUT2D eigenvalue weighted by molar-refractivity contribution is -0.144. The molecule has 4 rings (SSSR count). The summed E-state index contributed by atoms with van der Waals surface area (Å²) in [6.45, 7) is 0.742. The molecule has 1 aromatic heterocycles. The van der Waals surface area contributed by atoms with Crippen molar-refractivity contribution in [3.05, 3.63) is 46.2 Å². The van der Waals surface area contributed by atoms with Gasteiger partial charge < -0.3 is 19.1 Å². The summed E-state index contributed by atoms with van der Waals surface area (Å²) < 4.78 is 16.1. The molecule has 8 nitrogen and oxygen atoms in total. The average Bonchev–Trinajstić information content (AvgIpc) is 3.67. The van der Waals surface area contributed by atoms with Crippen molar-refractivity contribution in [1.29, 1.82) is 0 Å². The van der Waals surface area contributed by atoms with E-state index in [1.54, 1.807) is 37.6 Å². The summed E-state index contributed by atoms with van der Waals surface area (Å²) in [6.07, 6.45) is 4.47. The van der Waals surface area contributed by atoms with Gasteiger partial charge in [0.15, 0.2) is 11.5 Å². The van der Waals surface area contributed by atoms with Crippen molar-refractivity contribution in [2.24, 2.45) is 11.0 Å². The van der Waals surface area contributed by atoms with E-state index < -0.39 is 0 Å². The van der Waals surface area contributed by atoms with E-state index in [1.807, 2.05) is 35.7 Å². The molecule has 2 aromatic rings. The Morgan fingerprint density at radius 2 is 1.89 bits per heavy atom. The second kappa shape index (κ2) is 11.7. The minimum absolute atomic E-state index is 0.00920. The van der Waals surface area contributed by atoms with E-state index in [0.717, 1.165) is 41.8 Å². The highest BCUT2D eigenvalue weighted by Crippen LogP contribution is 2.38. The third-order valence-electron chi connectivity index (χ3n) is 6.67. The first-order chi connectivity index (χ1) is 17.0. The normalized spacial score (nSPS) is 18.0. The van der Waals surface area contributed by atoms with Gasteiger partial charge >= 0.3 is 0 Å². The van der Waals surface area contributed by atoms with Crippen LogP contribution in [0.1, 0.15) is 48.6 Å². The van der Waals surface area contributed by atoms with Gasteiger partial charge in [0.2, 0.25) is 5.91 Å². The number of amides is 2. The monoisotopic (exact) mass is 499 g/mol.